The van der Waals surface area contributed by atoms with E-state index in [4.69, 9.17) is 4.74 Å². The number of likely N-dealkylation sites (N-methyl/N-ethyl adjacent to an activating group) is 1. The summed E-state index contributed by atoms with van der Waals surface area (Å²) >= 11 is 0. The lowest BCUT2D eigenvalue weighted by atomic mass is 10.0. The number of piperazine rings is 1. The third kappa shape index (κ3) is 3.67. The summed E-state index contributed by atoms with van der Waals surface area (Å²) in [5.41, 5.74) is 0. The molecular formula is C14H30N2O. The van der Waals surface area contributed by atoms with Gasteiger partial charge in [-0.25, -0.2) is 0 Å². The molecule has 3 nitrogen and oxygen atoms in total. The molecule has 2 aliphatic heterocycles. The van der Waals surface area contributed by atoms with Crippen molar-refractivity contribution in [1.82, 2.24) is 9.80 Å². The molecule has 2 saturated heterocycles. The molecule has 0 aromatic heterocycles. The summed E-state index contributed by atoms with van der Waals surface area (Å²) < 4.78 is 5.62. The van der Waals surface area contributed by atoms with Crippen molar-refractivity contribution in [3.8, 4) is 0 Å². The van der Waals surface area contributed by atoms with Crippen LogP contribution >= 0.6 is 0 Å². The molecule has 17 heavy (non-hydrogen) atoms. The average molecular weight is 242 g/mol. The van der Waals surface area contributed by atoms with Gasteiger partial charge in [-0.3, -0.25) is 9.80 Å². The van der Waals surface area contributed by atoms with E-state index in [1.54, 1.807) is 0 Å². The number of rotatable bonds is 2. The Morgan fingerprint density at radius 2 is 1.65 bits per heavy atom. The molecule has 2 atom stereocenters. The van der Waals surface area contributed by atoms with Crippen LogP contribution in [-0.4, -0.2) is 60.8 Å². The molecule has 0 N–H and O–H groups in total. The zero-order chi connectivity index (χ0) is 12.8. The lowest BCUT2D eigenvalue weighted by molar-refractivity contribution is 0.0293. The van der Waals surface area contributed by atoms with Gasteiger partial charge in [-0.05, 0) is 20.4 Å². The van der Waals surface area contributed by atoms with Crippen molar-refractivity contribution >= 4 is 0 Å². The molecule has 2 aliphatic rings. The second-order valence-corrected chi connectivity index (χ2v) is 5.34. The quantitative estimate of drug-likeness (QED) is 0.738. The van der Waals surface area contributed by atoms with Crippen LogP contribution in [0.1, 0.15) is 41.0 Å². The van der Waals surface area contributed by atoms with Crippen LogP contribution in [-0.2, 0) is 4.74 Å². The largest absolute Gasteiger partial charge is 0.378 e. The van der Waals surface area contributed by atoms with Gasteiger partial charge in [-0.15, -0.1) is 0 Å². The van der Waals surface area contributed by atoms with E-state index in [1.807, 2.05) is 0 Å². The Bertz CT molecular complexity index is 208. The second kappa shape index (κ2) is 7.34. The maximum Gasteiger partial charge on any atom is 0.0638 e. The molecule has 3 heteroatoms. The summed E-state index contributed by atoms with van der Waals surface area (Å²) in [6, 6.07) is 1.95. The number of hydrogen-bond acceptors (Lipinski definition) is 3. The first kappa shape index (κ1) is 14.9. The topological polar surface area (TPSA) is 15.7 Å². The minimum absolute atomic E-state index is 0.642. The van der Waals surface area contributed by atoms with E-state index in [0.29, 0.717) is 18.1 Å². The summed E-state index contributed by atoms with van der Waals surface area (Å²) in [6.45, 7) is 16.5. The van der Waals surface area contributed by atoms with Gasteiger partial charge in [0, 0.05) is 19.1 Å². The lowest BCUT2D eigenvalue weighted by Gasteiger charge is -2.45. The first-order valence-electron chi connectivity index (χ1n) is 7.23. The van der Waals surface area contributed by atoms with Gasteiger partial charge in [0.15, 0.2) is 0 Å². The van der Waals surface area contributed by atoms with Crippen LogP contribution in [0.15, 0.2) is 0 Å². The molecule has 0 radical (unpaired) electrons. The summed E-state index contributed by atoms with van der Waals surface area (Å²) in [5, 5.41) is 0. The monoisotopic (exact) mass is 242 g/mol. The van der Waals surface area contributed by atoms with Crippen molar-refractivity contribution in [2.75, 3.05) is 32.8 Å². The zero-order valence-electron chi connectivity index (χ0n) is 12.3. The lowest BCUT2D eigenvalue weighted by Crippen LogP contribution is -2.60. The molecule has 0 aliphatic carbocycles. The minimum Gasteiger partial charge on any atom is -0.378 e. The van der Waals surface area contributed by atoms with Crippen LogP contribution in [0.3, 0.4) is 0 Å². The number of fused-ring (bicyclic) bond motifs is 1. The Kier molecular flexibility index (Phi) is 6.45. The molecule has 0 aromatic carbocycles. The van der Waals surface area contributed by atoms with Crippen molar-refractivity contribution in [2.24, 2.45) is 0 Å². The van der Waals surface area contributed by atoms with Crippen LogP contribution in [0.2, 0.25) is 0 Å². The Balaban J connectivity index is 0.000000437. The van der Waals surface area contributed by atoms with Gasteiger partial charge >= 0.3 is 0 Å². The Morgan fingerprint density at radius 1 is 1.06 bits per heavy atom. The van der Waals surface area contributed by atoms with Gasteiger partial charge < -0.3 is 4.74 Å². The van der Waals surface area contributed by atoms with Gasteiger partial charge in [0.1, 0.15) is 0 Å². The van der Waals surface area contributed by atoms with E-state index >= 15 is 0 Å². The first-order valence-corrected chi connectivity index (χ1v) is 7.23. The Morgan fingerprint density at radius 3 is 2.18 bits per heavy atom. The molecule has 102 valence electrons. The van der Waals surface area contributed by atoms with Crippen LogP contribution < -0.4 is 0 Å². The van der Waals surface area contributed by atoms with Crippen molar-refractivity contribution < 1.29 is 4.74 Å². The highest BCUT2D eigenvalue weighted by Gasteiger charge is 2.40. The van der Waals surface area contributed by atoms with Crippen LogP contribution in [0.25, 0.3) is 0 Å². The fourth-order valence-corrected chi connectivity index (χ4v) is 2.81. The summed E-state index contributed by atoms with van der Waals surface area (Å²) in [4.78, 5) is 5.17. The average Bonchev–Trinajstić information content (AvgIpc) is 2.77. The van der Waals surface area contributed by atoms with Gasteiger partial charge in [-0.1, -0.05) is 27.2 Å². The van der Waals surface area contributed by atoms with Crippen molar-refractivity contribution in [1.29, 1.82) is 0 Å². The normalized spacial score (nSPS) is 30.0. The minimum atomic E-state index is 0.642. The number of ether oxygens (including phenoxy) is 1. The Labute approximate surface area is 107 Å². The van der Waals surface area contributed by atoms with Gasteiger partial charge in [0.25, 0.3) is 0 Å². The van der Waals surface area contributed by atoms with E-state index in [1.165, 1.54) is 19.5 Å². The third-order valence-electron chi connectivity index (χ3n) is 3.63. The van der Waals surface area contributed by atoms with Gasteiger partial charge in [0.2, 0.25) is 0 Å². The van der Waals surface area contributed by atoms with E-state index in [0.717, 1.165) is 19.8 Å². The van der Waals surface area contributed by atoms with E-state index in [9.17, 15) is 0 Å². The van der Waals surface area contributed by atoms with Crippen molar-refractivity contribution in [2.45, 2.75) is 59.2 Å². The zero-order valence-corrected chi connectivity index (χ0v) is 12.3. The second-order valence-electron chi connectivity index (χ2n) is 5.34. The molecule has 2 rings (SSSR count). The van der Waals surface area contributed by atoms with E-state index in [2.05, 4.69) is 44.4 Å². The SMILES string of the molecule is CCC.CCN1CCN(C(C)C)C2COCC21. The molecule has 0 saturated carbocycles. The van der Waals surface area contributed by atoms with Crippen LogP contribution in [0, 0.1) is 0 Å². The van der Waals surface area contributed by atoms with Crippen molar-refractivity contribution in [3.63, 3.8) is 0 Å². The summed E-state index contributed by atoms with van der Waals surface area (Å²) in [5.74, 6) is 0. The molecule has 0 amide bonds. The predicted molar refractivity (Wildman–Crippen MR) is 73.4 cm³/mol. The van der Waals surface area contributed by atoms with Crippen LogP contribution in [0.4, 0.5) is 0 Å². The molecule has 0 spiro atoms. The highest BCUT2D eigenvalue weighted by atomic mass is 16.5. The van der Waals surface area contributed by atoms with Crippen LogP contribution in [0.5, 0.6) is 0 Å². The smallest absolute Gasteiger partial charge is 0.0638 e. The predicted octanol–water partition coefficient (Wildman–Crippen LogP) is 2.22. The fraction of sp³-hybridized carbons (Fsp3) is 1.00. The molecular weight excluding hydrogens is 212 g/mol. The molecule has 0 aromatic rings. The molecule has 2 heterocycles. The highest BCUT2D eigenvalue weighted by Crippen LogP contribution is 2.24. The Hall–Kier alpha value is -0.120. The first-order chi connectivity index (χ1) is 8.15. The number of nitrogens with zero attached hydrogens (tertiary/aromatic N) is 2. The molecule has 0 bridgehead atoms. The molecule has 2 unspecified atom stereocenters. The molecule has 2 fully saturated rings. The maximum atomic E-state index is 5.62. The maximum absolute atomic E-state index is 5.62. The summed E-state index contributed by atoms with van der Waals surface area (Å²) in [6.07, 6.45) is 1.25. The highest BCUT2D eigenvalue weighted by molar-refractivity contribution is 4.95. The van der Waals surface area contributed by atoms with Gasteiger partial charge in [0.05, 0.1) is 25.3 Å². The summed E-state index contributed by atoms with van der Waals surface area (Å²) in [7, 11) is 0. The van der Waals surface area contributed by atoms with E-state index < -0.39 is 0 Å². The third-order valence-corrected chi connectivity index (χ3v) is 3.63. The number of hydrogen-bond donors (Lipinski definition) is 0. The fourth-order valence-electron chi connectivity index (χ4n) is 2.81. The van der Waals surface area contributed by atoms with Gasteiger partial charge in [-0.2, -0.15) is 0 Å². The van der Waals surface area contributed by atoms with E-state index in [-0.39, 0.29) is 0 Å². The standard InChI is InChI=1S/C11H22N2O.C3H8/c1-4-12-5-6-13(9(2)3)11-8-14-7-10(11)12;1-3-2/h9-11H,4-8H2,1-3H3;3H2,1-2H3. The van der Waals surface area contributed by atoms with Crippen molar-refractivity contribution in [3.05, 3.63) is 0 Å².